The fraction of sp³-hybridized carbons (Fsp3) is 0.500. The third kappa shape index (κ3) is 2.27. The lowest BCUT2D eigenvalue weighted by molar-refractivity contribution is 0.195. The summed E-state index contributed by atoms with van der Waals surface area (Å²) in [6, 6.07) is 0. The SMILES string of the molecule is Cc1ncncc1C[C@H](C)O. The summed E-state index contributed by atoms with van der Waals surface area (Å²) in [4.78, 5) is 7.89. The van der Waals surface area contributed by atoms with Crippen molar-refractivity contribution < 1.29 is 5.11 Å². The topological polar surface area (TPSA) is 46.0 Å². The van der Waals surface area contributed by atoms with Gasteiger partial charge in [-0.3, -0.25) is 0 Å². The Bertz CT molecular complexity index is 235. The Kier molecular flexibility index (Phi) is 2.54. The van der Waals surface area contributed by atoms with Gasteiger partial charge >= 0.3 is 0 Å². The van der Waals surface area contributed by atoms with Gasteiger partial charge in [-0.2, -0.15) is 0 Å². The van der Waals surface area contributed by atoms with Crippen LogP contribution >= 0.6 is 0 Å². The Morgan fingerprint density at radius 2 is 2.36 bits per heavy atom. The molecule has 0 spiro atoms. The van der Waals surface area contributed by atoms with Gasteiger partial charge in [0.2, 0.25) is 0 Å². The third-order valence-corrected chi connectivity index (χ3v) is 1.53. The number of rotatable bonds is 2. The lowest BCUT2D eigenvalue weighted by Crippen LogP contribution is -2.06. The summed E-state index contributed by atoms with van der Waals surface area (Å²) >= 11 is 0. The maximum atomic E-state index is 9.07. The number of aryl methyl sites for hydroxylation is 1. The molecule has 11 heavy (non-hydrogen) atoms. The van der Waals surface area contributed by atoms with E-state index in [4.69, 9.17) is 5.11 Å². The van der Waals surface area contributed by atoms with E-state index in [1.807, 2.05) is 6.92 Å². The molecule has 60 valence electrons. The molecule has 1 atom stereocenters. The molecule has 3 nitrogen and oxygen atoms in total. The first kappa shape index (κ1) is 8.14. The molecule has 0 aliphatic heterocycles. The zero-order chi connectivity index (χ0) is 8.27. The van der Waals surface area contributed by atoms with Crippen molar-refractivity contribution in [3.05, 3.63) is 23.8 Å². The molecule has 0 aromatic carbocycles. The summed E-state index contributed by atoms with van der Waals surface area (Å²) in [6.07, 6.45) is 3.57. The predicted octanol–water partition coefficient (Wildman–Crippen LogP) is 0.708. The first-order valence-corrected chi connectivity index (χ1v) is 3.63. The molecule has 0 aliphatic rings. The first-order chi connectivity index (χ1) is 5.20. The molecule has 1 aromatic rings. The maximum Gasteiger partial charge on any atom is 0.115 e. The molecule has 0 aliphatic carbocycles. The van der Waals surface area contributed by atoms with Crippen LogP contribution in [0.4, 0.5) is 0 Å². The molecule has 1 aromatic heterocycles. The predicted molar refractivity (Wildman–Crippen MR) is 42.2 cm³/mol. The molecule has 0 fully saturated rings. The second kappa shape index (κ2) is 3.44. The summed E-state index contributed by atoms with van der Waals surface area (Å²) < 4.78 is 0. The van der Waals surface area contributed by atoms with E-state index < -0.39 is 0 Å². The highest BCUT2D eigenvalue weighted by molar-refractivity contribution is 5.14. The molecular formula is C8H12N2O. The van der Waals surface area contributed by atoms with Crippen LogP contribution in [-0.2, 0) is 6.42 Å². The molecule has 0 radical (unpaired) electrons. The Morgan fingerprint density at radius 3 is 2.91 bits per heavy atom. The van der Waals surface area contributed by atoms with Gasteiger partial charge in [-0.05, 0) is 19.4 Å². The van der Waals surface area contributed by atoms with Crippen LogP contribution in [0, 0.1) is 6.92 Å². The maximum absolute atomic E-state index is 9.07. The van der Waals surface area contributed by atoms with E-state index in [1.165, 1.54) is 6.33 Å². The number of aliphatic hydroxyl groups is 1. The highest BCUT2D eigenvalue weighted by atomic mass is 16.3. The van der Waals surface area contributed by atoms with Crippen LogP contribution in [0.5, 0.6) is 0 Å². The fourth-order valence-corrected chi connectivity index (χ4v) is 0.938. The van der Waals surface area contributed by atoms with E-state index in [-0.39, 0.29) is 6.10 Å². The highest BCUT2D eigenvalue weighted by Crippen LogP contribution is 2.04. The van der Waals surface area contributed by atoms with Crippen LogP contribution < -0.4 is 0 Å². The molecule has 1 N–H and O–H groups in total. The average molecular weight is 152 g/mol. The largest absolute Gasteiger partial charge is 0.393 e. The average Bonchev–Trinajstić information content (AvgIpc) is 1.93. The van der Waals surface area contributed by atoms with Gasteiger partial charge in [-0.1, -0.05) is 0 Å². The zero-order valence-corrected chi connectivity index (χ0v) is 6.78. The molecule has 0 unspecified atom stereocenters. The number of hydrogen-bond acceptors (Lipinski definition) is 3. The van der Waals surface area contributed by atoms with Crippen molar-refractivity contribution in [1.82, 2.24) is 9.97 Å². The number of hydrogen-bond donors (Lipinski definition) is 1. The Labute approximate surface area is 66.1 Å². The van der Waals surface area contributed by atoms with Crippen molar-refractivity contribution in [2.24, 2.45) is 0 Å². The third-order valence-electron chi connectivity index (χ3n) is 1.53. The number of nitrogens with zero attached hydrogens (tertiary/aromatic N) is 2. The van der Waals surface area contributed by atoms with E-state index in [0.29, 0.717) is 6.42 Å². The smallest absolute Gasteiger partial charge is 0.115 e. The molecule has 0 saturated heterocycles. The van der Waals surface area contributed by atoms with E-state index in [0.717, 1.165) is 11.3 Å². The van der Waals surface area contributed by atoms with Crippen molar-refractivity contribution in [3.63, 3.8) is 0 Å². The second-order valence-corrected chi connectivity index (χ2v) is 2.69. The highest BCUT2D eigenvalue weighted by Gasteiger charge is 2.02. The van der Waals surface area contributed by atoms with Crippen LogP contribution in [0.15, 0.2) is 12.5 Å². The minimum atomic E-state index is -0.320. The van der Waals surface area contributed by atoms with E-state index in [1.54, 1.807) is 13.1 Å². The first-order valence-electron chi connectivity index (χ1n) is 3.63. The number of aliphatic hydroxyl groups excluding tert-OH is 1. The van der Waals surface area contributed by atoms with Crippen LogP contribution in [0.3, 0.4) is 0 Å². The summed E-state index contributed by atoms with van der Waals surface area (Å²) in [5.74, 6) is 0. The molecule has 1 rings (SSSR count). The second-order valence-electron chi connectivity index (χ2n) is 2.69. The van der Waals surface area contributed by atoms with E-state index in [2.05, 4.69) is 9.97 Å². The van der Waals surface area contributed by atoms with E-state index in [9.17, 15) is 0 Å². The van der Waals surface area contributed by atoms with Crippen molar-refractivity contribution >= 4 is 0 Å². The Hall–Kier alpha value is -0.960. The number of aromatic nitrogens is 2. The van der Waals surface area contributed by atoms with Gasteiger partial charge < -0.3 is 5.11 Å². The van der Waals surface area contributed by atoms with Gasteiger partial charge in [0.05, 0.1) is 6.10 Å². The molecule has 0 bridgehead atoms. The van der Waals surface area contributed by atoms with Crippen LogP contribution in [-0.4, -0.2) is 21.2 Å². The van der Waals surface area contributed by atoms with Crippen molar-refractivity contribution in [3.8, 4) is 0 Å². The summed E-state index contributed by atoms with van der Waals surface area (Å²) in [5.41, 5.74) is 1.96. The van der Waals surface area contributed by atoms with Gasteiger partial charge in [0.15, 0.2) is 0 Å². The summed E-state index contributed by atoms with van der Waals surface area (Å²) in [5, 5.41) is 9.07. The monoisotopic (exact) mass is 152 g/mol. The van der Waals surface area contributed by atoms with Gasteiger partial charge in [0.1, 0.15) is 6.33 Å². The van der Waals surface area contributed by atoms with Crippen LogP contribution in [0.2, 0.25) is 0 Å². The standard InChI is InChI=1S/C8H12N2O/c1-6(11)3-8-4-9-5-10-7(8)2/h4-6,11H,3H2,1-2H3/t6-/m0/s1. The molecule has 1 heterocycles. The van der Waals surface area contributed by atoms with E-state index >= 15 is 0 Å². The minimum Gasteiger partial charge on any atom is -0.393 e. The van der Waals surface area contributed by atoms with Crippen molar-refractivity contribution in [1.29, 1.82) is 0 Å². The van der Waals surface area contributed by atoms with Crippen LogP contribution in [0.1, 0.15) is 18.2 Å². The molecule has 0 amide bonds. The fourth-order valence-electron chi connectivity index (χ4n) is 0.938. The minimum absolute atomic E-state index is 0.320. The molecule has 3 heteroatoms. The van der Waals surface area contributed by atoms with Crippen molar-refractivity contribution in [2.75, 3.05) is 0 Å². The summed E-state index contributed by atoms with van der Waals surface area (Å²) in [7, 11) is 0. The quantitative estimate of drug-likeness (QED) is 0.678. The molecular weight excluding hydrogens is 140 g/mol. The Balaban J connectivity index is 2.78. The van der Waals surface area contributed by atoms with Gasteiger partial charge in [-0.15, -0.1) is 0 Å². The van der Waals surface area contributed by atoms with Crippen LogP contribution in [0.25, 0.3) is 0 Å². The van der Waals surface area contributed by atoms with Crippen molar-refractivity contribution in [2.45, 2.75) is 26.4 Å². The lowest BCUT2D eigenvalue weighted by Gasteiger charge is -2.04. The Morgan fingerprint density at radius 1 is 1.64 bits per heavy atom. The summed E-state index contributed by atoms with van der Waals surface area (Å²) in [6.45, 7) is 3.67. The normalized spacial score (nSPS) is 13.0. The zero-order valence-electron chi connectivity index (χ0n) is 6.78. The van der Waals surface area contributed by atoms with Gasteiger partial charge in [-0.25, -0.2) is 9.97 Å². The lowest BCUT2D eigenvalue weighted by atomic mass is 10.1. The van der Waals surface area contributed by atoms with Gasteiger partial charge in [0, 0.05) is 18.3 Å². The molecule has 0 saturated carbocycles. The van der Waals surface area contributed by atoms with Gasteiger partial charge in [0.25, 0.3) is 0 Å².